The summed E-state index contributed by atoms with van der Waals surface area (Å²) in [4.78, 5) is 36.6. The number of benzene rings is 1. The van der Waals surface area contributed by atoms with Crippen LogP contribution in [0.4, 0.5) is 10.5 Å². The number of urea groups is 1. The number of aromatic amines is 1. The van der Waals surface area contributed by atoms with Crippen molar-refractivity contribution < 1.29 is 9.59 Å². The van der Waals surface area contributed by atoms with Crippen molar-refractivity contribution in [2.75, 3.05) is 26.0 Å². The second-order valence-corrected chi connectivity index (χ2v) is 5.94. The van der Waals surface area contributed by atoms with Crippen LogP contribution in [0.15, 0.2) is 23.0 Å². The van der Waals surface area contributed by atoms with E-state index < -0.39 is 6.03 Å². The van der Waals surface area contributed by atoms with E-state index in [4.69, 9.17) is 11.6 Å². The van der Waals surface area contributed by atoms with Gasteiger partial charge in [-0.2, -0.15) is 5.10 Å². The number of anilines is 1. The predicted octanol–water partition coefficient (Wildman–Crippen LogP) is 0.828. The number of nitrogens with one attached hydrogen (secondary N) is 3. The summed E-state index contributed by atoms with van der Waals surface area (Å²) in [6.45, 7) is 0.293. The number of carbonyl (C=O) groups excluding carboxylic acids is 2. The monoisotopic (exact) mass is 366 g/mol. The van der Waals surface area contributed by atoms with E-state index >= 15 is 0 Å². The summed E-state index contributed by atoms with van der Waals surface area (Å²) in [6, 6.07) is 4.23. The molecule has 25 heavy (non-hydrogen) atoms. The van der Waals surface area contributed by atoms with E-state index in [-0.39, 0.29) is 11.6 Å². The molecule has 2 aromatic rings. The molecule has 1 aromatic carbocycles. The van der Waals surface area contributed by atoms with Gasteiger partial charge in [0.15, 0.2) is 0 Å². The lowest BCUT2D eigenvalue weighted by atomic mass is 10.2. The van der Waals surface area contributed by atoms with Gasteiger partial charge < -0.3 is 15.5 Å². The SMILES string of the molecule is CN(C)C(=O)c1cc(NC(=O)NCCc2n[nH]c(=O)n2C)ccc1Cl. The summed E-state index contributed by atoms with van der Waals surface area (Å²) < 4.78 is 1.37. The Morgan fingerprint density at radius 3 is 2.68 bits per heavy atom. The van der Waals surface area contributed by atoms with Crippen LogP contribution in [-0.2, 0) is 13.5 Å². The van der Waals surface area contributed by atoms with E-state index in [0.717, 1.165) is 0 Å². The summed E-state index contributed by atoms with van der Waals surface area (Å²) in [5.41, 5.74) is 0.439. The number of amides is 3. The molecular formula is C15H19ClN6O3. The molecular weight excluding hydrogens is 348 g/mol. The molecule has 0 spiro atoms. The number of aromatic nitrogens is 3. The van der Waals surface area contributed by atoms with Crippen LogP contribution in [-0.4, -0.2) is 52.2 Å². The van der Waals surface area contributed by atoms with Crippen LogP contribution in [0.1, 0.15) is 16.2 Å². The van der Waals surface area contributed by atoms with Crippen LogP contribution in [0.2, 0.25) is 5.02 Å². The molecule has 0 radical (unpaired) electrons. The molecule has 0 aliphatic rings. The Morgan fingerprint density at radius 2 is 2.08 bits per heavy atom. The number of carbonyl (C=O) groups is 2. The molecule has 10 heteroatoms. The van der Waals surface area contributed by atoms with Crippen LogP contribution in [0, 0.1) is 0 Å². The Hall–Kier alpha value is -2.81. The first-order chi connectivity index (χ1) is 11.8. The zero-order valence-corrected chi connectivity index (χ0v) is 14.8. The van der Waals surface area contributed by atoms with E-state index in [2.05, 4.69) is 20.8 Å². The maximum absolute atomic E-state index is 12.0. The van der Waals surface area contributed by atoms with Gasteiger partial charge in [0, 0.05) is 39.8 Å². The highest BCUT2D eigenvalue weighted by atomic mass is 35.5. The van der Waals surface area contributed by atoms with Crippen molar-refractivity contribution in [1.29, 1.82) is 0 Å². The second-order valence-electron chi connectivity index (χ2n) is 5.53. The van der Waals surface area contributed by atoms with Crippen LogP contribution < -0.4 is 16.3 Å². The number of hydrogen-bond acceptors (Lipinski definition) is 4. The summed E-state index contributed by atoms with van der Waals surface area (Å²) in [5, 5.41) is 11.8. The first kappa shape index (κ1) is 18.5. The standard InChI is InChI=1S/C15H19ClN6O3/c1-21(2)13(23)10-8-9(4-5-11(10)16)18-14(24)17-7-6-12-19-20-15(25)22(12)3/h4-5,8H,6-7H2,1-3H3,(H,20,25)(H2,17,18,24). The topological polar surface area (TPSA) is 112 Å². The molecule has 0 aliphatic heterocycles. The van der Waals surface area contributed by atoms with Crippen molar-refractivity contribution >= 4 is 29.2 Å². The normalized spacial score (nSPS) is 10.4. The first-order valence-electron chi connectivity index (χ1n) is 7.46. The molecule has 2 rings (SSSR count). The highest BCUT2D eigenvalue weighted by Gasteiger charge is 2.14. The van der Waals surface area contributed by atoms with E-state index in [0.29, 0.717) is 35.1 Å². The minimum atomic E-state index is -0.439. The summed E-state index contributed by atoms with van der Waals surface area (Å²) in [5.74, 6) is 0.282. The second kappa shape index (κ2) is 7.84. The lowest BCUT2D eigenvalue weighted by Gasteiger charge is -2.13. The van der Waals surface area contributed by atoms with Gasteiger partial charge >= 0.3 is 11.7 Å². The maximum Gasteiger partial charge on any atom is 0.343 e. The smallest absolute Gasteiger partial charge is 0.343 e. The average molecular weight is 367 g/mol. The summed E-state index contributed by atoms with van der Waals surface area (Å²) in [6.07, 6.45) is 0.396. The first-order valence-corrected chi connectivity index (χ1v) is 7.83. The number of halogens is 1. The van der Waals surface area contributed by atoms with E-state index in [1.165, 1.54) is 15.5 Å². The lowest BCUT2D eigenvalue weighted by Crippen LogP contribution is -2.31. The molecule has 9 nitrogen and oxygen atoms in total. The van der Waals surface area contributed by atoms with Gasteiger partial charge in [0.1, 0.15) is 5.82 Å². The van der Waals surface area contributed by atoms with Gasteiger partial charge in [0.05, 0.1) is 10.6 Å². The highest BCUT2D eigenvalue weighted by molar-refractivity contribution is 6.34. The Kier molecular flexibility index (Phi) is 5.81. The van der Waals surface area contributed by atoms with Crippen molar-refractivity contribution in [2.45, 2.75) is 6.42 Å². The predicted molar refractivity (Wildman–Crippen MR) is 94.0 cm³/mol. The average Bonchev–Trinajstić information content (AvgIpc) is 2.88. The number of hydrogen-bond donors (Lipinski definition) is 3. The van der Waals surface area contributed by atoms with Gasteiger partial charge in [-0.1, -0.05) is 11.6 Å². The van der Waals surface area contributed by atoms with Crippen LogP contribution in [0.3, 0.4) is 0 Å². The molecule has 0 aliphatic carbocycles. The van der Waals surface area contributed by atoms with Gasteiger partial charge in [-0.3, -0.25) is 9.36 Å². The van der Waals surface area contributed by atoms with Crippen molar-refractivity contribution in [1.82, 2.24) is 25.0 Å². The van der Waals surface area contributed by atoms with E-state index in [1.54, 1.807) is 33.3 Å². The van der Waals surface area contributed by atoms with Crippen LogP contribution in [0.5, 0.6) is 0 Å². The van der Waals surface area contributed by atoms with E-state index in [1.807, 2.05) is 0 Å². The molecule has 0 saturated heterocycles. The fourth-order valence-corrected chi connectivity index (χ4v) is 2.27. The molecule has 3 N–H and O–H groups in total. The van der Waals surface area contributed by atoms with Crippen molar-refractivity contribution in [3.05, 3.63) is 45.1 Å². The molecule has 3 amide bonds. The van der Waals surface area contributed by atoms with Gasteiger partial charge in [0.2, 0.25) is 0 Å². The Balaban J connectivity index is 1.94. The van der Waals surface area contributed by atoms with Gasteiger partial charge in [-0.15, -0.1) is 0 Å². The Labute approximate surface area is 149 Å². The Morgan fingerprint density at radius 1 is 1.36 bits per heavy atom. The lowest BCUT2D eigenvalue weighted by molar-refractivity contribution is 0.0828. The molecule has 1 heterocycles. The van der Waals surface area contributed by atoms with Crippen LogP contribution in [0.25, 0.3) is 0 Å². The van der Waals surface area contributed by atoms with Gasteiger partial charge in [-0.05, 0) is 18.2 Å². The number of rotatable bonds is 5. The third-order valence-electron chi connectivity index (χ3n) is 3.47. The number of H-pyrrole nitrogens is 1. The molecule has 134 valence electrons. The fraction of sp³-hybridized carbons (Fsp3) is 0.333. The molecule has 0 atom stereocenters. The summed E-state index contributed by atoms with van der Waals surface area (Å²) in [7, 11) is 4.83. The minimum absolute atomic E-state index is 0.256. The van der Waals surface area contributed by atoms with Gasteiger partial charge in [0.25, 0.3) is 5.91 Å². The fourth-order valence-electron chi connectivity index (χ4n) is 2.07. The quantitative estimate of drug-likeness (QED) is 0.727. The largest absolute Gasteiger partial charge is 0.345 e. The van der Waals surface area contributed by atoms with Crippen LogP contribution >= 0.6 is 11.6 Å². The van der Waals surface area contributed by atoms with Gasteiger partial charge in [-0.25, -0.2) is 14.7 Å². The Bertz CT molecular complexity index is 842. The summed E-state index contributed by atoms with van der Waals surface area (Å²) >= 11 is 6.03. The van der Waals surface area contributed by atoms with Crippen molar-refractivity contribution in [3.63, 3.8) is 0 Å². The molecule has 0 fully saturated rings. The minimum Gasteiger partial charge on any atom is -0.345 e. The van der Waals surface area contributed by atoms with Crippen molar-refractivity contribution in [2.24, 2.45) is 7.05 Å². The third-order valence-corrected chi connectivity index (χ3v) is 3.80. The molecule has 0 unspecified atom stereocenters. The maximum atomic E-state index is 12.0. The molecule has 0 saturated carbocycles. The van der Waals surface area contributed by atoms with Crippen molar-refractivity contribution in [3.8, 4) is 0 Å². The molecule has 0 bridgehead atoms. The highest BCUT2D eigenvalue weighted by Crippen LogP contribution is 2.21. The zero-order chi connectivity index (χ0) is 18.6. The van der Waals surface area contributed by atoms with E-state index in [9.17, 15) is 14.4 Å². The zero-order valence-electron chi connectivity index (χ0n) is 14.1. The number of nitrogens with zero attached hydrogens (tertiary/aromatic N) is 3. The molecule has 1 aromatic heterocycles. The third kappa shape index (κ3) is 4.60.